The van der Waals surface area contributed by atoms with Crippen LogP contribution in [0.4, 0.5) is 4.79 Å². The quantitative estimate of drug-likeness (QED) is 0.705. The van der Waals surface area contributed by atoms with Crippen molar-refractivity contribution in [1.82, 2.24) is 10.6 Å². The Morgan fingerprint density at radius 1 is 1.57 bits per heavy atom. The van der Waals surface area contributed by atoms with E-state index in [9.17, 15) is 4.79 Å². The zero-order valence-electron chi connectivity index (χ0n) is 9.17. The minimum absolute atomic E-state index is 0.0471. The normalized spacial score (nSPS) is 27.4. The van der Waals surface area contributed by atoms with Crippen LogP contribution in [-0.4, -0.2) is 30.8 Å². The first kappa shape index (κ1) is 11.3. The summed E-state index contributed by atoms with van der Waals surface area (Å²) in [6.45, 7) is 6.80. The second-order valence-electron chi connectivity index (χ2n) is 4.17. The van der Waals surface area contributed by atoms with Crippen molar-refractivity contribution in [3.05, 3.63) is 0 Å². The summed E-state index contributed by atoms with van der Waals surface area (Å²) in [4.78, 5) is 11.3. The zero-order chi connectivity index (χ0) is 10.6. The summed E-state index contributed by atoms with van der Waals surface area (Å²) in [5.74, 6) is 0. The lowest BCUT2D eigenvalue weighted by molar-refractivity contribution is 0.109. The molecule has 0 spiro atoms. The fourth-order valence-electron chi connectivity index (χ4n) is 1.68. The van der Waals surface area contributed by atoms with Crippen LogP contribution in [0.3, 0.4) is 0 Å². The lowest BCUT2D eigenvalue weighted by Crippen LogP contribution is -2.47. The smallest absolute Gasteiger partial charge is 0.407 e. The lowest BCUT2D eigenvalue weighted by Gasteiger charge is -2.28. The number of alkyl carbamates (subject to hydrolysis) is 1. The van der Waals surface area contributed by atoms with Crippen molar-refractivity contribution >= 4 is 6.09 Å². The molecule has 1 fully saturated rings. The number of carbonyl (C=O) groups excluding carboxylic acids is 1. The molecule has 0 saturated carbocycles. The number of carbonyl (C=O) groups is 1. The average molecular weight is 200 g/mol. The van der Waals surface area contributed by atoms with Gasteiger partial charge in [-0.25, -0.2) is 4.79 Å². The van der Waals surface area contributed by atoms with Gasteiger partial charge in [0.25, 0.3) is 0 Å². The van der Waals surface area contributed by atoms with Crippen LogP contribution >= 0.6 is 0 Å². The van der Waals surface area contributed by atoms with Gasteiger partial charge in [0.05, 0.1) is 6.10 Å². The van der Waals surface area contributed by atoms with E-state index in [4.69, 9.17) is 4.74 Å². The van der Waals surface area contributed by atoms with E-state index in [0.717, 1.165) is 19.4 Å². The Hall–Kier alpha value is -0.770. The molecule has 1 aliphatic heterocycles. The molecule has 0 bridgehead atoms. The van der Waals surface area contributed by atoms with Gasteiger partial charge in [0.15, 0.2) is 0 Å². The Labute approximate surface area is 85.4 Å². The molecule has 4 nitrogen and oxygen atoms in total. The minimum atomic E-state index is -0.292. The van der Waals surface area contributed by atoms with Gasteiger partial charge in [-0.3, -0.25) is 0 Å². The topological polar surface area (TPSA) is 50.4 Å². The van der Waals surface area contributed by atoms with E-state index in [1.807, 2.05) is 13.8 Å². The Balaban J connectivity index is 2.25. The Bertz CT molecular complexity index is 195. The number of amides is 1. The first-order chi connectivity index (χ1) is 6.58. The molecule has 4 heteroatoms. The van der Waals surface area contributed by atoms with E-state index in [2.05, 4.69) is 17.6 Å². The van der Waals surface area contributed by atoms with Crippen LogP contribution in [0.2, 0.25) is 0 Å². The Morgan fingerprint density at radius 2 is 2.29 bits per heavy atom. The predicted octanol–water partition coefficient (Wildman–Crippen LogP) is 1.26. The van der Waals surface area contributed by atoms with Gasteiger partial charge >= 0.3 is 6.09 Å². The summed E-state index contributed by atoms with van der Waals surface area (Å²) in [6.07, 6.45) is 1.62. The fraction of sp³-hybridized carbons (Fsp3) is 0.900. The monoisotopic (exact) mass is 200 g/mol. The minimum Gasteiger partial charge on any atom is -0.447 e. The summed E-state index contributed by atoms with van der Waals surface area (Å²) in [5.41, 5.74) is 0. The highest BCUT2D eigenvalue weighted by molar-refractivity contribution is 5.67. The molecule has 1 saturated heterocycles. The molecule has 1 aliphatic rings. The number of rotatable bonds is 2. The number of hydrogen-bond acceptors (Lipinski definition) is 3. The first-order valence-electron chi connectivity index (χ1n) is 5.28. The van der Waals surface area contributed by atoms with E-state index < -0.39 is 0 Å². The van der Waals surface area contributed by atoms with Crippen molar-refractivity contribution in [1.29, 1.82) is 0 Å². The molecule has 0 aliphatic carbocycles. The van der Waals surface area contributed by atoms with Gasteiger partial charge in [-0.1, -0.05) is 0 Å². The number of nitrogens with one attached hydrogen (secondary N) is 2. The van der Waals surface area contributed by atoms with Crippen molar-refractivity contribution in [2.45, 2.75) is 51.8 Å². The predicted molar refractivity (Wildman–Crippen MR) is 55.2 cm³/mol. The van der Waals surface area contributed by atoms with Gasteiger partial charge in [0.1, 0.15) is 0 Å². The lowest BCUT2D eigenvalue weighted by atomic mass is 10.0. The van der Waals surface area contributed by atoms with Crippen molar-refractivity contribution in [2.75, 3.05) is 6.54 Å². The maximum atomic E-state index is 11.3. The van der Waals surface area contributed by atoms with Gasteiger partial charge in [-0.15, -0.1) is 0 Å². The van der Waals surface area contributed by atoms with Gasteiger partial charge < -0.3 is 15.4 Å². The van der Waals surface area contributed by atoms with Crippen LogP contribution in [0.25, 0.3) is 0 Å². The molecule has 14 heavy (non-hydrogen) atoms. The van der Waals surface area contributed by atoms with Crippen molar-refractivity contribution in [3.8, 4) is 0 Å². The maximum Gasteiger partial charge on any atom is 0.407 e. The number of piperidine rings is 1. The van der Waals surface area contributed by atoms with Crippen LogP contribution in [0.1, 0.15) is 33.6 Å². The standard InChI is InChI=1S/C10H20N2O2/c1-7(2)14-10(13)12-9-4-5-11-8(3)6-9/h7-9,11H,4-6H2,1-3H3,(H,12,13). The van der Waals surface area contributed by atoms with E-state index >= 15 is 0 Å². The molecule has 82 valence electrons. The molecule has 1 rings (SSSR count). The summed E-state index contributed by atoms with van der Waals surface area (Å²) in [7, 11) is 0. The summed E-state index contributed by atoms with van der Waals surface area (Å²) >= 11 is 0. The zero-order valence-corrected chi connectivity index (χ0v) is 9.17. The molecule has 1 amide bonds. The molecule has 2 N–H and O–H groups in total. The molecule has 2 unspecified atom stereocenters. The third-order valence-corrected chi connectivity index (χ3v) is 2.29. The fourth-order valence-corrected chi connectivity index (χ4v) is 1.68. The first-order valence-corrected chi connectivity index (χ1v) is 5.28. The summed E-state index contributed by atoms with van der Waals surface area (Å²) in [5, 5.41) is 6.21. The average Bonchev–Trinajstić information content (AvgIpc) is 2.01. The molecular weight excluding hydrogens is 180 g/mol. The molecular formula is C10H20N2O2. The van der Waals surface area contributed by atoms with Gasteiger partial charge in [0.2, 0.25) is 0 Å². The molecule has 0 aromatic carbocycles. The second-order valence-corrected chi connectivity index (χ2v) is 4.17. The van der Waals surface area contributed by atoms with Gasteiger partial charge in [0, 0.05) is 12.1 Å². The number of ether oxygens (including phenoxy) is 1. The van der Waals surface area contributed by atoms with Crippen molar-refractivity contribution < 1.29 is 9.53 Å². The Kier molecular flexibility index (Phi) is 4.20. The van der Waals surface area contributed by atoms with Gasteiger partial charge in [-0.05, 0) is 40.2 Å². The SMILES string of the molecule is CC1CC(NC(=O)OC(C)C)CCN1. The highest BCUT2D eigenvalue weighted by Crippen LogP contribution is 2.08. The van der Waals surface area contributed by atoms with Crippen molar-refractivity contribution in [3.63, 3.8) is 0 Å². The highest BCUT2D eigenvalue weighted by Gasteiger charge is 2.20. The summed E-state index contributed by atoms with van der Waals surface area (Å²) < 4.78 is 5.02. The molecule has 0 aromatic heterocycles. The van der Waals surface area contributed by atoms with Crippen LogP contribution in [0, 0.1) is 0 Å². The molecule has 1 heterocycles. The van der Waals surface area contributed by atoms with Crippen molar-refractivity contribution in [2.24, 2.45) is 0 Å². The van der Waals surface area contributed by atoms with Crippen LogP contribution in [0.15, 0.2) is 0 Å². The van der Waals surface area contributed by atoms with Crippen LogP contribution in [-0.2, 0) is 4.74 Å². The molecule has 2 atom stereocenters. The van der Waals surface area contributed by atoms with Gasteiger partial charge in [-0.2, -0.15) is 0 Å². The third-order valence-electron chi connectivity index (χ3n) is 2.29. The number of hydrogen-bond donors (Lipinski definition) is 2. The largest absolute Gasteiger partial charge is 0.447 e. The van der Waals surface area contributed by atoms with Crippen LogP contribution < -0.4 is 10.6 Å². The molecule has 0 radical (unpaired) electrons. The van der Waals surface area contributed by atoms with E-state index in [0.29, 0.717) is 6.04 Å². The third kappa shape index (κ3) is 3.96. The van der Waals surface area contributed by atoms with E-state index in [1.54, 1.807) is 0 Å². The maximum absolute atomic E-state index is 11.3. The van der Waals surface area contributed by atoms with E-state index in [-0.39, 0.29) is 18.2 Å². The highest BCUT2D eigenvalue weighted by atomic mass is 16.6. The second kappa shape index (κ2) is 5.20. The summed E-state index contributed by atoms with van der Waals surface area (Å²) in [6, 6.07) is 0.741. The van der Waals surface area contributed by atoms with Crippen LogP contribution in [0.5, 0.6) is 0 Å². The van der Waals surface area contributed by atoms with E-state index in [1.165, 1.54) is 0 Å². The Morgan fingerprint density at radius 3 is 2.86 bits per heavy atom. The molecule has 0 aromatic rings.